The van der Waals surface area contributed by atoms with Crippen LogP contribution in [-0.2, 0) is 16.1 Å². The molecule has 3 heteroatoms. The molecule has 3 aliphatic rings. The summed E-state index contributed by atoms with van der Waals surface area (Å²) in [5, 5.41) is 0. The number of piperidine rings is 2. The van der Waals surface area contributed by atoms with Crippen molar-refractivity contribution in [2.75, 3.05) is 13.7 Å². The number of nitrogens with zero attached hydrogens (tertiary/aromatic N) is 1. The van der Waals surface area contributed by atoms with Gasteiger partial charge >= 0.3 is 5.97 Å². The zero-order chi connectivity index (χ0) is 12.6. The molecule has 4 rings (SSSR count). The molecule has 3 fully saturated rings. The van der Waals surface area contributed by atoms with Crippen molar-refractivity contribution in [2.45, 2.75) is 31.3 Å². The number of methoxy groups -OCH3 is 1. The molecule has 2 aliphatic heterocycles. The molecule has 0 radical (unpaired) electrons. The van der Waals surface area contributed by atoms with Gasteiger partial charge in [-0.1, -0.05) is 30.3 Å². The Labute approximate surface area is 108 Å². The minimum Gasteiger partial charge on any atom is -0.468 e. The normalized spacial score (nSPS) is 30.6. The summed E-state index contributed by atoms with van der Waals surface area (Å²) in [6.45, 7) is 1.86. The summed E-state index contributed by atoms with van der Waals surface area (Å²) in [7, 11) is 1.50. The van der Waals surface area contributed by atoms with E-state index in [9.17, 15) is 4.79 Å². The number of ether oxygens (including phenoxy) is 1. The SMILES string of the molecule is COC(=O)C12CC(CCN1Cc1ccccc1)C2. The van der Waals surface area contributed by atoms with Crippen molar-refractivity contribution in [3.05, 3.63) is 35.9 Å². The van der Waals surface area contributed by atoms with Crippen molar-refractivity contribution in [1.82, 2.24) is 4.90 Å². The van der Waals surface area contributed by atoms with Gasteiger partial charge in [-0.2, -0.15) is 0 Å². The van der Waals surface area contributed by atoms with Crippen molar-refractivity contribution in [2.24, 2.45) is 5.92 Å². The van der Waals surface area contributed by atoms with Gasteiger partial charge in [0, 0.05) is 6.54 Å². The molecule has 1 aromatic carbocycles. The van der Waals surface area contributed by atoms with Gasteiger partial charge in [-0.15, -0.1) is 0 Å². The molecule has 1 saturated carbocycles. The summed E-state index contributed by atoms with van der Waals surface area (Å²) in [6, 6.07) is 10.4. The lowest BCUT2D eigenvalue weighted by Crippen LogP contribution is -2.66. The monoisotopic (exact) mass is 245 g/mol. The molecule has 0 unspecified atom stereocenters. The first-order valence-electron chi connectivity index (χ1n) is 6.62. The number of fused-ring (bicyclic) bond motifs is 2. The number of benzene rings is 1. The minimum absolute atomic E-state index is 0.0469. The van der Waals surface area contributed by atoms with E-state index in [2.05, 4.69) is 17.0 Å². The van der Waals surface area contributed by atoms with Crippen LogP contribution in [0.1, 0.15) is 24.8 Å². The Morgan fingerprint density at radius 1 is 1.39 bits per heavy atom. The number of hydrogen-bond donors (Lipinski definition) is 0. The highest BCUT2D eigenvalue weighted by atomic mass is 16.5. The van der Waals surface area contributed by atoms with Crippen LogP contribution in [0.15, 0.2) is 30.3 Å². The van der Waals surface area contributed by atoms with Gasteiger partial charge in [0.2, 0.25) is 0 Å². The molecule has 0 amide bonds. The van der Waals surface area contributed by atoms with Crippen LogP contribution in [0.5, 0.6) is 0 Å². The summed E-state index contributed by atoms with van der Waals surface area (Å²) in [5.41, 5.74) is 0.944. The van der Waals surface area contributed by atoms with Crippen molar-refractivity contribution >= 4 is 5.97 Å². The van der Waals surface area contributed by atoms with Gasteiger partial charge in [0.1, 0.15) is 5.54 Å². The van der Waals surface area contributed by atoms with Gasteiger partial charge in [-0.25, -0.2) is 0 Å². The molecule has 2 saturated heterocycles. The van der Waals surface area contributed by atoms with Crippen LogP contribution in [0.3, 0.4) is 0 Å². The van der Waals surface area contributed by atoms with Gasteiger partial charge in [0.15, 0.2) is 0 Å². The van der Waals surface area contributed by atoms with Crippen LogP contribution in [0.4, 0.5) is 0 Å². The first-order chi connectivity index (χ1) is 8.74. The van der Waals surface area contributed by atoms with E-state index in [1.165, 1.54) is 19.1 Å². The summed E-state index contributed by atoms with van der Waals surface area (Å²) in [4.78, 5) is 14.4. The maximum Gasteiger partial charge on any atom is 0.326 e. The average molecular weight is 245 g/mol. The second kappa shape index (κ2) is 4.39. The lowest BCUT2D eigenvalue weighted by atomic mass is 9.62. The van der Waals surface area contributed by atoms with E-state index in [0.717, 1.165) is 31.8 Å². The van der Waals surface area contributed by atoms with E-state index >= 15 is 0 Å². The fraction of sp³-hybridized carbons (Fsp3) is 0.533. The third-order valence-corrected chi connectivity index (χ3v) is 4.45. The molecule has 0 spiro atoms. The molecule has 0 N–H and O–H groups in total. The maximum absolute atomic E-state index is 12.1. The molecule has 3 nitrogen and oxygen atoms in total. The van der Waals surface area contributed by atoms with Crippen molar-refractivity contribution < 1.29 is 9.53 Å². The molecule has 18 heavy (non-hydrogen) atoms. The molecule has 1 aliphatic carbocycles. The molecule has 1 aromatic rings. The van der Waals surface area contributed by atoms with Gasteiger partial charge in [-0.3, -0.25) is 9.69 Å². The van der Waals surface area contributed by atoms with Crippen LogP contribution < -0.4 is 0 Å². The van der Waals surface area contributed by atoms with Crippen LogP contribution >= 0.6 is 0 Å². The smallest absolute Gasteiger partial charge is 0.326 e. The van der Waals surface area contributed by atoms with Crippen molar-refractivity contribution in [3.63, 3.8) is 0 Å². The van der Waals surface area contributed by atoms with E-state index in [4.69, 9.17) is 4.74 Å². The Bertz CT molecular complexity index is 437. The van der Waals surface area contributed by atoms with Crippen molar-refractivity contribution in [1.29, 1.82) is 0 Å². The van der Waals surface area contributed by atoms with E-state index in [-0.39, 0.29) is 11.5 Å². The maximum atomic E-state index is 12.1. The predicted molar refractivity (Wildman–Crippen MR) is 68.9 cm³/mol. The van der Waals surface area contributed by atoms with E-state index in [1.54, 1.807) is 0 Å². The highest BCUT2D eigenvalue weighted by molar-refractivity contribution is 5.82. The molecule has 2 heterocycles. The standard InChI is InChI=1S/C15H19NO2/c1-18-14(17)15-9-13(10-15)7-8-16(15)11-12-5-3-2-4-6-12/h2-6,13H,7-11H2,1H3. The highest BCUT2D eigenvalue weighted by Gasteiger charge is 2.57. The average Bonchev–Trinajstić information content (AvgIpc) is 2.38. The molecule has 96 valence electrons. The van der Waals surface area contributed by atoms with Gasteiger partial charge in [-0.05, 0) is 37.3 Å². The van der Waals surface area contributed by atoms with Gasteiger partial charge in [0.25, 0.3) is 0 Å². The third-order valence-electron chi connectivity index (χ3n) is 4.45. The number of rotatable bonds is 3. The van der Waals surface area contributed by atoms with Crippen LogP contribution in [0.2, 0.25) is 0 Å². The van der Waals surface area contributed by atoms with Gasteiger partial charge < -0.3 is 4.74 Å². The summed E-state index contributed by atoms with van der Waals surface area (Å²) in [5.74, 6) is 0.686. The van der Waals surface area contributed by atoms with E-state index in [0.29, 0.717) is 0 Å². The molecular weight excluding hydrogens is 226 g/mol. The largest absolute Gasteiger partial charge is 0.468 e. The topological polar surface area (TPSA) is 29.5 Å². The first kappa shape index (κ1) is 11.7. The Morgan fingerprint density at radius 2 is 2.11 bits per heavy atom. The lowest BCUT2D eigenvalue weighted by Gasteiger charge is -2.57. The summed E-state index contributed by atoms with van der Waals surface area (Å²) in [6.07, 6.45) is 3.17. The Kier molecular flexibility index (Phi) is 2.86. The summed E-state index contributed by atoms with van der Waals surface area (Å²) >= 11 is 0. The van der Waals surface area contributed by atoms with Crippen LogP contribution in [0.25, 0.3) is 0 Å². The number of carbonyl (C=O) groups excluding carboxylic acids is 1. The minimum atomic E-state index is -0.326. The van der Waals surface area contributed by atoms with E-state index < -0.39 is 0 Å². The number of esters is 1. The second-order valence-electron chi connectivity index (χ2n) is 5.49. The molecule has 2 bridgehead atoms. The van der Waals surface area contributed by atoms with Crippen molar-refractivity contribution in [3.8, 4) is 0 Å². The molecular formula is C15H19NO2. The quantitative estimate of drug-likeness (QED) is 0.765. The predicted octanol–water partition coefficient (Wildman–Crippen LogP) is 2.21. The van der Waals surface area contributed by atoms with E-state index in [1.807, 2.05) is 18.2 Å². The Balaban J connectivity index is 1.79. The fourth-order valence-corrected chi connectivity index (χ4v) is 3.43. The number of carbonyl (C=O) groups is 1. The fourth-order valence-electron chi connectivity index (χ4n) is 3.43. The Morgan fingerprint density at radius 3 is 2.78 bits per heavy atom. The highest BCUT2D eigenvalue weighted by Crippen LogP contribution is 2.49. The van der Waals surface area contributed by atoms with Crippen LogP contribution in [-0.4, -0.2) is 30.1 Å². The molecule has 0 atom stereocenters. The third kappa shape index (κ3) is 1.74. The van der Waals surface area contributed by atoms with Gasteiger partial charge in [0.05, 0.1) is 7.11 Å². The summed E-state index contributed by atoms with van der Waals surface area (Å²) < 4.78 is 5.02. The first-order valence-corrected chi connectivity index (χ1v) is 6.62. The Hall–Kier alpha value is -1.35. The second-order valence-corrected chi connectivity index (χ2v) is 5.49. The zero-order valence-corrected chi connectivity index (χ0v) is 10.8. The molecule has 0 aromatic heterocycles. The zero-order valence-electron chi connectivity index (χ0n) is 10.8. The van der Waals surface area contributed by atoms with Crippen LogP contribution in [0, 0.1) is 5.92 Å². The number of hydrogen-bond acceptors (Lipinski definition) is 3. The lowest BCUT2D eigenvalue weighted by molar-refractivity contribution is -0.176.